The Balaban J connectivity index is 1.46. The maximum atomic E-state index is 12.1. The second-order valence-electron chi connectivity index (χ2n) is 6.37. The number of rotatable bonds is 6. The molecule has 1 aromatic carbocycles. The molecule has 1 aliphatic rings. The first-order chi connectivity index (χ1) is 12.0. The minimum Gasteiger partial charge on any atom is -0.493 e. The molecule has 0 radical (unpaired) electrons. The van der Waals surface area contributed by atoms with Crippen molar-refractivity contribution in [2.24, 2.45) is 0 Å². The van der Waals surface area contributed by atoms with E-state index >= 15 is 0 Å². The molecule has 6 nitrogen and oxygen atoms in total. The summed E-state index contributed by atoms with van der Waals surface area (Å²) in [5.74, 6) is 0.988. The fourth-order valence-corrected chi connectivity index (χ4v) is 3.19. The van der Waals surface area contributed by atoms with E-state index in [2.05, 4.69) is 27.4 Å². The highest BCUT2D eigenvalue weighted by Gasteiger charge is 2.12. The van der Waals surface area contributed by atoms with Gasteiger partial charge < -0.3 is 15.0 Å². The second-order valence-corrected chi connectivity index (χ2v) is 6.37. The molecular weight excluding hydrogens is 318 g/mol. The van der Waals surface area contributed by atoms with E-state index in [1.54, 1.807) is 6.92 Å². The van der Waals surface area contributed by atoms with Crippen molar-refractivity contribution in [3.8, 4) is 5.75 Å². The monoisotopic (exact) mass is 341 g/mol. The lowest BCUT2D eigenvalue weighted by atomic mass is 10.1. The van der Waals surface area contributed by atoms with Crippen molar-refractivity contribution >= 4 is 5.91 Å². The standard InChI is InChI=1S/C19H23N3O3/c1-12-16(13(2)22-19(24)21-12)4-6-18(23)20-9-7-14-3-5-17-15(11-14)8-10-25-17/h3,5,11H,4,6-10H2,1-2H3,(H,20,23)(H,21,22,24). The van der Waals surface area contributed by atoms with Crippen molar-refractivity contribution in [1.29, 1.82) is 0 Å². The summed E-state index contributed by atoms with van der Waals surface area (Å²) in [7, 11) is 0. The van der Waals surface area contributed by atoms with Crippen molar-refractivity contribution < 1.29 is 9.53 Å². The van der Waals surface area contributed by atoms with Gasteiger partial charge in [-0.3, -0.25) is 4.79 Å². The fourth-order valence-electron chi connectivity index (χ4n) is 3.19. The van der Waals surface area contributed by atoms with Gasteiger partial charge in [0.2, 0.25) is 5.91 Å². The maximum absolute atomic E-state index is 12.1. The lowest BCUT2D eigenvalue weighted by molar-refractivity contribution is -0.121. The number of carbonyl (C=O) groups excluding carboxylic acids is 1. The molecule has 2 N–H and O–H groups in total. The number of nitrogens with zero attached hydrogens (tertiary/aromatic N) is 1. The number of H-pyrrole nitrogens is 1. The predicted octanol–water partition coefficient (Wildman–Crippen LogP) is 1.61. The molecule has 1 amide bonds. The van der Waals surface area contributed by atoms with Gasteiger partial charge in [0.1, 0.15) is 5.75 Å². The normalized spacial score (nSPS) is 12.6. The predicted molar refractivity (Wildman–Crippen MR) is 95.0 cm³/mol. The van der Waals surface area contributed by atoms with Crippen LogP contribution in [0.5, 0.6) is 5.75 Å². The van der Waals surface area contributed by atoms with Crippen LogP contribution in [0.2, 0.25) is 0 Å². The number of carbonyl (C=O) groups is 1. The number of benzene rings is 1. The zero-order valence-electron chi connectivity index (χ0n) is 14.6. The highest BCUT2D eigenvalue weighted by Crippen LogP contribution is 2.25. The molecule has 0 atom stereocenters. The minimum atomic E-state index is -0.344. The SMILES string of the molecule is Cc1nc(=O)[nH]c(C)c1CCC(=O)NCCc1ccc2c(c1)CCO2. The van der Waals surface area contributed by atoms with Crippen LogP contribution >= 0.6 is 0 Å². The van der Waals surface area contributed by atoms with Crippen LogP contribution in [0.25, 0.3) is 0 Å². The van der Waals surface area contributed by atoms with Crippen LogP contribution in [-0.2, 0) is 24.1 Å². The number of hydrogen-bond acceptors (Lipinski definition) is 4. The van der Waals surface area contributed by atoms with E-state index in [-0.39, 0.29) is 11.6 Å². The lowest BCUT2D eigenvalue weighted by Crippen LogP contribution is -2.26. The largest absolute Gasteiger partial charge is 0.493 e. The van der Waals surface area contributed by atoms with Crippen molar-refractivity contribution in [1.82, 2.24) is 15.3 Å². The molecule has 25 heavy (non-hydrogen) atoms. The quantitative estimate of drug-likeness (QED) is 0.836. The number of hydrogen-bond donors (Lipinski definition) is 2. The number of aromatic amines is 1. The molecule has 132 valence electrons. The third-order valence-corrected chi connectivity index (χ3v) is 4.54. The summed E-state index contributed by atoms with van der Waals surface area (Å²) < 4.78 is 5.50. The number of fused-ring (bicyclic) bond motifs is 1. The molecule has 2 heterocycles. The summed E-state index contributed by atoms with van der Waals surface area (Å²) in [5.41, 5.74) is 4.53. The molecule has 1 aromatic heterocycles. The van der Waals surface area contributed by atoms with Crippen molar-refractivity contribution in [2.75, 3.05) is 13.2 Å². The van der Waals surface area contributed by atoms with Crippen molar-refractivity contribution in [3.05, 3.63) is 56.8 Å². The van der Waals surface area contributed by atoms with Gasteiger partial charge in [-0.25, -0.2) is 4.79 Å². The summed E-state index contributed by atoms with van der Waals surface area (Å²) in [5, 5.41) is 2.96. The summed E-state index contributed by atoms with van der Waals surface area (Å²) >= 11 is 0. The first kappa shape index (κ1) is 17.2. The van der Waals surface area contributed by atoms with Gasteiger partial charge in [-0.05, 0) is 49.4 Å². The van der Waals surface area contributed by atoms with Gasteiger partial charge in [-0.2, -0.15) is 4.98 Å². The van der Waals surface area contributed by atoms with E-state index < -0.39 is 0 Å². The first-order valence-electron chi connectivity index (χ1n) is 8.60. The zero-order valence-corrected chi connectivity index (χ0v) is 14.6. The molecule has 0 unspecified atom stereocenters. The van der Waals surface area contributed by atoms with E-state index in [0.29, 0.717) is 25.1 Å². The summed E-state index contributed by atoms with van der Waals surface area (Å²) in [4.78, 5) is 29.9. The van der Waals surface area contributed by atoms with Gasteiger partial charge in [0, 0.05) is 30.8 Å². The number of aryl methyl sites for hydroxylation is 2. The Morgan fingerprint density at radius 3 is 2.96 bits per heavy atom. The van der Waals surface area contributed by atoms with E-state index in [0.717, 1.165) is 36.5 Å². The molecule has 0 bridgehead atoms. The molecule has 0 fully saturated rings. The molecule has 0 spiro atoms. The van der Waals surface area contributed by atoms with E-state index in [1.807, 2.05) is 13.0 Å². The molecular formula is C19H23N3O3. The zero-order chi connectivity index (χ0) is 17.8. The Labute approximate surface area is 146 Å². The lowest BCUT2D eigenvalue weighted by Gasteiger charge is -2.09. The number of ether oxygens (including phenoxy) is 1. The number of amides is 1. The molecule has 3 rings (SSSR count). The Kier molecular flexibility index (Phi) is 5.16. The second kappa shape index (κ2) is 7.51. The van der Waals surface area contributed by atoms with Gasteiger partial charge in [0.15, 0.2) is 0 Å². The Morgan fingerprint density at radius 1 is 1.32 bits per heavy atom. The van der Waals surface area contributed by atoms with Gasteiger partial charge >= 0.3 is 5.69 Å². The van der Waals surface area contributed by atoms with Crippen molar-refractivity contribution in [3.63, 3.8) is 0 Å². The Morgan fingerprint density at radius 2 is 2.16 bits per heavy atom. The van der Waals surface area contributed by atoms with Gasteiger partial charge in [0.05, 0.1) is 6.61 Å². The third kappa shape index (κ3) is 4.26. The maximum Gasteiger partial charge on any atom is 0.345 e. The first-order valence-corrected chi connectivity index (χ1v) is 8.60. The van der Waals surface area contributed by atoms with E-state index in [4.69, 9.17) is 4.74 Å². The summed E-state index contributed by atoms with van der Waals surface area (Å²) in [6.07, 6.45) is 2.72. The van der Waals surface area contributed by atoms with Crippen LogP contribution in [0.3, 0.4) is 0 Å². The third-order valence-electron chi connectivity index (χ3n) is 4.54. The summed E-state index contributed by atoms with van der Waals surface area (Å²) in [6.45, 7) is 5.00. The Bertz CT molecular complexity index is 816. The average Bonchev–Trinajstić information content (AvgIpc) is 3.01. The van der Waals surface area contributed by atoms with E-state index in [9.17, 15) is 9.59 Å². The summed E-state index contributed by atoms with van der Waals surface area (Å²) in [6, 6.07) is 6.22. The van der Waals surface area contributed by atoms with Gasteiger partial charge in [0.25, 0.3) is 0 Å². The molecule has 1 aliphatic heterocycles. The molecule has 0 aliphatic carbocycles. The van der Waals surface area contributed by atoms with Crippen LogP contribution in [0.1, 0.15) is 34.5 Å². The van der Waals surface area contributed by atoms with Gasteiger partial charge in [-0.15, -0.1) is 0 Å². The van der Waals surface area contributed by atoms with Crippen LogP contribution in [0.4, 0.5) is 0 Å². The molecule has 6 heteroatoms. The van der Waals surface area contributed by atoms with E-state index in [1.165, 1.54) is 11.1 Å². The molecule has 2 aromatic rings. The fraction of sp³-hybridized carbons (Fsp3) is 0.421. The Hall–Kier alpha value is -2.63. The smallest absolute Gasteiger partial charge is 0.345 e. The molecule has 0 saturated carbocycles. The number of nitrogens with one attached hydrogen (secondary N) is 2. The minimum absolute atomic E-state index is 0.00879. The van der Waals surface area contributed by atoms with Gasteiger partial charge in [-0.1, -0.05) is 12.1 Å². The van der Waals surface area contributed by atoms with Crippen LogP contribution in [0, 0.1) is 13.8 Å². The highest BCUT2D eigenvalue weighted by atomic mass is 16.5. The van der Waals surface area contributed by atoms with Crippen LogP contribution in [-0.4, -0.2) is 29.0 Å². The van der Waals surface area contributed by atoms with Crippen LogP contribution < -0.4 is 15.7 Å². The average molecular weight is 341 g/mol. The topological polar surface area (TPSA) is 84.1 Å². The number of aromatic nitrogens is 2. The molecule has 0 saturated heterocycles. The van der Waals surface area contributed by atoms with Crippen molar-refractivity contribution in [2.45, 2.75) is 39.5 Å². The highest BCUT2D eigenvalue weighted by molar-refractivity contribution is 5.76. The van der Waals surface area contributed by atoms with Crippen LogP contribution in [0.15, 0.2) is 23.0 Å².